The molecule has 0 amide bonds. The van der Waals surface area contributed by atoms with E-state index in [0.29, 0.717) is 5.88 Å². The lowest BCUT2D eigenvalue weighted by atomic mass is 10.2. The fraction of sp³-hybridized carbons (Fsp3) is 0.250. The van der Waals surface area contributed by atoms with Crippen molar-refractivity contribution in [2.45, 2.75) is 10.8 Å². The normalized spacial score (nSPS) is 9.80. The Balaban J connectivity index is 2.87. The second-order valence-corrected chi connectivity index (χ2v) is 3.13. The maximum absolute atomic E-state index is 5.65. The van der Waals surface area contributed by atoms with Crippen molar-refractivity contribution in [2.24, 2.45) is 0 Å². The Labute approximate surface area is 70.6 Å². The van der Waals surface area contributed by atoms with Crippen LogP contribution in [-0.2, 0) is 5.88 Å². The molecule has 0 fully saturated rings. The number of halogens is 1. The highest BCUT2D eigenvalue weighted by Gasteiger charge is 1.90. The summed E-state index contributed by atoms with van der Waals surface area (Å²) >= 11 is 7.39. The number of alkyl halides is 1. The first kappa shape index (κ1) is 7.96. The first-order valence-corrected chi connectivity index (χ1v) is 4.81. The van der Waals surface area contributed by atoms with Crippen LogP contribution in [0.4, 0.5) is 0 Å². The van der Waals surface area contributed by atoms with E-state index in [1.807, 2.05) is 12.1 Å². The molecule has 0 N–H and O–H groups in total. The van der Waals surface area contributed by atoms with Gasteiger partial charge in [-0.25, -0.2) is 0 Å². The van der Waals surface area contributed by atoms with Crippen molar-refractivity contribution in [1.29, 1.82) is 0 Å². The number of hydrogen-bond donors (Lipinski definition) is 0. The number of rotatable bonds is 2. The average molecular weight is 173 g/mol. The molecule has 1 aromatic rings. The van der Waals surface area contributed by atoms with E-state index in [2.05, 4.69) is 18.4 Å². The van der Waals surface area contributed by atoms with Gasteiger partial charge >= 0.3 is 0 Å². The molecule has 0 aliphatic rings. The van der Waals surface area contributed by atoms with E-state index < -0.39 is 0 Å². The van der Waals surface area contributed by atoms with E-state index in [9.17, 15) is 0 Å². The fourth-order valence-corrected chi connectivity index (χ4v) is 1.41. The molecule has 0 aliphatic carbocycles. The molecule has 0 spiro atoms. The van der Waals surface area contributed by atoms with Gasteiger partial charge in [-0.15, -0.1) is 23.4 Å². The van der Waals surface area contributed by atoms with Gasteiger partial charge in [0.1, 0.15) is 0 Å². The third-order valence-electron chi connectivity index (χ3n) is 1.29. The number of thioether (sulfide) groups is 1. The molecule has 0 unspecified atom stereocenters. The minimum absolute atomic E-state index is 0.606. The summed E-state index contributed by atoms with van der Waals surface area (Å²) in [6.07, 6.45) is 2.06. The van der Waals surface area contributed by atoms with Gasteiger partial charge in [0, 0.05) is 10.8 Å². The Kier molecular flexibility index (Phi) is 3.10. The van der Waals surface area contributed by atoms with Crippen LogP contribution in [0.1, 0.15) is 5.56 Å². The molecule has 0 atom stereocenters. The molecule has 10 heavy (non-hydrogen) atoms. The van der Waals surface area contributed by atoms with Gasteiger partial charge in [0.2, 0.25) is 0 Å². The van der Waals surface area contributed by atoms with E-state index in [1.54, 1.807) is 11.8 Å². The van der Waals surface area contributed by atoms with Crippen molar-refractivity contribution in [2.75, 3.05) is 6.26 Å². The van der Waals surface area contributed by atoms with E-state index in [0.717, 1.165) is 0 Å². The third kappa shape index (κ3) is 1.93. The molecule has 0 aliphatic heterocycles. The predicted molar refractivity (Wildman–Crippen MR) is 47.8 cm³/mol. The maximum Gasteiger partial charge on any atom is 0.0474 e. The maximum atomic E-state index is 5.65. The van der Waals surface area contributed by atoms with Gasteiger partial charge in [-0.3, -0.25) is 0 Å². The monoisotopic (exact) mass is 172 g/mol. The van der Waals surface area contributed by atoms with Gasteiger partial charge in [0.05, 0.1) is 0 Å². The van der Waals surface area contributed by atoms with Crippen LogP contribution in [-0.4, -0.2) is 6.26 Å². The van der Waals surface area contributed by atoms with Crippen LogP contribution < -0.4 is 0 Å². The van der Waals surface area contributed by atoms with Crippen molar-refractivity contribution >= 4 is 23.4 Å². The Morgan fingerprint density at radius 1 is 1.50 bits per heavy atom. The summed E-state index contributed by atoms with van der Waals surface area (Å²) in [7, 11) is 0. The van der Waals surface area contributed by atoms with E-state index in [4.69, 9.17) is 11.6 Å². The van der Waals surface area contributed by atoms with E-state index in [-0.39, 0.29) is 0 Å². The first-order valence-electron chi connectivity index (χ1n) is 3.05. The van der Waals surface area contributed by atoms with Gasteiger partial charge < -0.3 is 0 Å². The molecule has 1 aromatic carbocycles. The Hall–Kier alpha value is -0.140. The summed E-state index contributed by atoms with van der Waals surface area (Å²) in [5, 5.41) is 0. The summed E-state index contributed by atoms with van der Waals surface area (Å²) in [4.78, 5) is 1.28. The topological polar surface area (TPSA) is 0 Å². The molecule has 2 heteroatoms. The van der Waals surface area contributed by atoms with Crippen LogP contribution in [0.15, 0.2) is 29.2 Å². The SMILES string of the molecule is CSc1cccc(CCl)c1. The molecule has 0 saturated carbocycles. The van der Waals surface area contributed by atoms with Crippen molar-refractivity contribution in [3.63, 3.8) is 0 Å². The first-order chi connectivity index (χ1) is 4.86. The zero-order valence-corrected chi connectivity index (χ0v) is 7.38. The summed E-state index contributed by atoms with van der Waals surface area (Å²) in [5.74, 6) is 0.606. The summed E-state index contributed by atoms with van der Waals surface area (Å²) < 4.78 is 0. The van der Waals surface area contributed by atoms with E-state index >= 15 is 0 Å². The van der Waals surface area contributed by atoms with Crippen LogP contribution in [0.2, 0.25) is 0 Å². The number of hydrogen-bond acceptors (Lipinski definition) is 1. The third-order valence-corrected chi connectivity index (χ3v) is 2.32. The average Bonchev–Trinajstić information content (AvgIpc) is 2.05. The van der Waals surface area contributed by atoms with Gasteiger partial charge in [-0.05, 0) is 24.0 Å². The molecule has 54 valence electrons. The quantitative estimate of drug-likeness (QED) is 0.488. The summed E-state index contributed by atoms with van der Waals surface area (Å²) in [6.45, 7) is 0. The van der Waals surface area contributed by atoms with Gasteiger partial charge in [-0.1, -0.05) is 12.1 Å². The van der Waals surface area contributed by atoms with E-state index in [1.165, 1.54) is 10.5 Å². The lowest BCUT2D eigenvalue weighted by Gasteiger charge is -1.97. The predicted octanol–water partition coefficient (Wildman–Crippen LogP) is 3.15. The largest absolute Gasteiger partial charge is 0.130 e. The lowest BCUT2D eigenvalue weighted by Crippen LogP contribution is -1.76. The van der Waals surface area contributed by atoms with Gasteiger partial charge in [0.15, 0.2) is 0 Å². The molecular weight excluding hydrogens is 164 g/mol. The van der Waals surface area contributed by atoms with Crippen molar-refractivity contribution < 1.29 is 0 Å². The van der Waals surface area contributed by atoms with Crippen LogP contribution in [0, 0.1) is 0 Å². The van der Waals surface area contributed by atoms with Crippen LogP contribution in [0.3, 0.4) is 0 Å². The minimum atomic E-state index is 0.606. The van der Waals surface area contributed by atoms with Crippen molar-refractivity contribution in [3.05, 3.63) is 29.8 Å². The molecular formula is C8H9ClS. The zero-order chi connectivity index (χ0) is 7.40. The van der Waals surface area contributed by atoms with Crippen LogP contribution >= 0.6 is 23.4 Å². The number of benzene rings is 1. The highest BCUT2D eigenvalue weighted by atomic mass is 35.5. The Bertz CT molecular complexity index is 191. The molecule has 1 rings (SSSR count). The summed E-state index contributed by atoms with van der Waals surface area (Å²) in [6, 6.07) is 8.26. The van der Waals surface area contributed by atoms with Gasteiger partial charge in [-0.2, -0.15) is 0 Å². The Morgan fingerprint density at radius 2 is 2.30 bits per heavy atom. The van der Waals surface area contributed by atoms with Gasteiger partial charge in [0.25, 0.3) is 0 Å². The second-order valence-electron chi connectivity index (χ2n) is 1.99. The Morgan fingerprint density at radius 3 is 2.90 bits per heavy atom. The minimum Gasteiger partial charge on any atom is -0.130 e. The molecule has 0 aromatic heterocycles. The standard InChI is InChI=1S/C8H9ClS/c1-10-8-4-2-3-7(5-8)6-9/h2-5H,6H2,1H3. The zero-order valence-electron chi connectivity index (χ0n) is 5.80. The summed E-state index contributed by atoms with van der Waals surface area (Å²) in [5.41, 5.74) is 1.19. The van der Waals surface area contributed by atoms with Crippen LogP contribution in [0.5, 0.6) is 0 Å². The fourth-order valence-electron chi connectivity index (χ4n) is 0.756. The lowest BCUT2D eigenvalue weighted by molar-refractivity contribution is 1.33. The molecule has 0 radical (unpaired) electrons. The molecule has 0 heterocycles. The van der Waals surface area contributed by atoms with Crippen molar-refractivity contribution in [3.8, 4) is 0 Å². The van der Waals surface area contributed by atoms with Crippen LogP contribution in [0.25, 0.3) is 0 Å². The smallest absolute Gasteiger partial charge is 0.0474 e. The van der Waals surface area contributed by atoms with Crippen molar-refractivity contribution in [1.82, 2.24) is 0 Å². The molecule has 0 saturated heterocycles. The highest BCUT2D eigenvalue weighted by Crippen LogP contribution is 2.16. The highest BCUT2D eigenvalue weighted by molar-refractivity contribution is 7.98. The second kappa shape index (κ2) is 3.89. The molecule has 0 nitrogen and oxygen atoms in total. The molecule has 0 bridgehead atoms.